The van der Waals surface area contributed by atoms with Crippen LogP contribution in [0.1, 0.15) is 12.8 Å². The zero-order chi connectivity index (χ0) is 10.6. The number of thioether (sulfide) groups is 2. The third-order valence-electron chi connectivity index (χ3n) is 1.62. The van der Waals surface area contributed by atoms with Crippen LogP contribution in [0.15, 0.2) is 9.81 Å². The fraction of sp³-hybridized carbons (Fsp3) is 0.500. The number of carboxylic acids is 2. The highest BCUT2D eigenvalue weighted by Gasteiger charge is 2.13. The number of carbonyl (C=O) groups is 2. The summed E-state index contributed by atoms with van der Waals surface area (Å²) in [4.78, 5) is 21.1. The van der Waals surface area contributed by atoms with E-state index < -0.39 is 17.5 Å². The molecule has 1 fully saturated rings. The molecule has 14 heavy (non-hydrogen) atoms. The van der Waals surface area contributed by atoms with Crippen molar-refractivity contribution < 1.29 is 19.8 Å². The van der Waals surface area contributed by atoms with E-state index >= 15 is 0 Å². The Morgan fingerprint density at radius 1 is 1.00 bits per heavy atom. The molecule has 1 saturated heterocycles. The van der Waals surface area contributed by atoms with Gasteiger partial charge < -0.3 is 19.8 Å². The van der Waals surface area contributed by atoms with E-state index in [1.165, 1.54) is 23.5 Å². The molecular formula is C8H8O4S2-2. The molecule has 4 nitrogen and oxygen atoms in total. The van der Waals surface area contributed by atoms with Gasteiger partial charge in [-0.25, -0.2) is 0 Å². The number of aliphatic carboxylic acids is 2. The average Bonchev–Trinajstić information content (AvgIpc) is 2.31. The van der Waals surface area contributed by atoms with E-state index in [-0.39, 0.29) is 0 Å². The fourth-order valence-electron chi connectivity index (χ4n) is 0.970. The summed E-state index contributed by atoms with van der Waals surface area (Å²) in [5.41, 5.74) is -0.707. The van der Waals surface area contributed by atoms with Crippen LogP contribution in [0.3, 0.4) is 0 Å². The molecule has 1 rings (SSSR count). The van der Waals surface area contributed by atoms with E-state index in [1.54, 1.807) is 0 Å². The van der Waals surface area contributed by atoms with Crippen LogP contribution in [0.5, 0.6) is 0 Å². The number of carbonyl (C=O) groups excluding carboxylic acids is 2. The van der Waals surface area contributed by atoms with Gasteiger partial charge in [0.1, 0.15) is 0 Å². The predicted octanol–water partition coefficient (Wildman–Crippen LogP) is -1.04. The second kappa shape index (κ2) is 5.31. The predicted molar refractivity (Wildman–Crippen MR) is 51.2 cm³/mol. The Balaban J connectivity index is 2.94. The van der Waals surface area contributed by atoms with Crippen LogP contribution in [0.25, 0.3) is 0 Å². The summed E-state index contributed by atoms with van der Waals surface area (Å²) in [5.74, 6) is -1.84. The number of carboxylic acid groups (broad SMARTS) is 2. The second-order valence-electron chi connectivity index (χ2n) is 2.64. The van der Waals surface area contributed by atoms with Crippen molar-refractivity contribution >= 4 is 35.5 Å². The summed E-state index contributed by atoms with van der Waals surface area (Å²) >= 11 is 2.50. The van der Waals surface area contributed by atoms with E-state index in [1.807, 2.05) is 0 Å². The molecule has 0 aromatic heterocycles. The molecule has 0 saturated carbocycles. The molecule has 0 bridgehead atoms. The first-order valence-corrected chi connectivity index (χ1v) is 6.02. The number of hydrogen-bond donors (Lipinski definition) is 0. The van der Waals surface area contributed by atoms with Gasteiger partial charge in [-0.05, 0) is 24.3 Å². The zero-order valence-electron chi connectivity index (χ0n) is 7.28. The smallest absolute Gasteiger partial charge is 0.0750 e. The minimum atomic E-state index is -1.66. The monoisotopic (exact) mass is 232 g/mol. The van der Waals surface area contributed by atoms with E-state index in [9.17, 15) is 19.8 Å². The van der Waals surface area contributed by atoms with Crippen molar-refractivity contribution in [3.63, 3.8) is 0 Å². The lowest BCUT2D eigenvalue weighted by atomic mass is 10.3. The summed E-state index contributed by atoms with van der Waals surface area (Å²) in [6.07, 6.45) is 1.93. The summed E-state index contributed by atoms with van der Waals surface area (Å²) in [5, 5.41) is 21.1. The molecule has 1 aliphatic heterocycles. The highest BCUT2D eigenvalue weighted by atomic mass is 32.2. The highest BCUT2D eigenvalue weighted by Crippen LogP contribution is 2.35. The van der Waals surface area contributed by atoms with E-state index in [0.717, 1.165) is 24.3 Å². The van der Waals surface area contributed by atoms with Crippen molar-refractivity contribution in [2.45, 2.75) is 12.8 Å². The molecular weight excluding hydrogens is 224 g/mol. The maximum atomic E-state index is 10.5. The van der Waals surface area contributed by atoms with Crippen LogP contribution in [0, 0.1) is 0 Å². The molecule has 0 radical (unpaired) electrons. The van der Waals surface area contributed by atoms with E-state index in [0.29, 0.717) is 4.24 Å². The largest absolute Gasteiger partial charge is 0.545 e. The first-order chi connectivity index (χ1) is 6.63. The van der Waals surface area contributed by atoms with Crippen LogP contribution in [0.2, 0.25) is 0 Å². The molecule has 0 N–H and O–H groups in total. The number of hydrogen-bond acceptors (Lipinski definition) is 6. The van der Waals surface area contributed by atoms with Crippen LogP contribution in [-0.2, 0) is 9.59 Å². The minimum Gasteiger partial charge on any atom is -0.545 e. The summed E-state index contributed by atoms with van der Waals surface area (Å²) in [6, 6.07) is 0. The molecule has 6 heteroatoms. The van der Waals surface area contributed by atoms with Crippen molar-refractivity contribution in [2.75, 3.05) is 11.5 Å². The zero-order valence-corrected chi connectivity index (χ0v) is 8.91. The molecule has 0 aromatic rings. The SMILES string of the molecule is O=C([O-])C(C(=O)[O-])=C1SCCCCS1. The lowest BCUT2D eigenvalue weighted by molar-refractivity contribution is -0.312. The summed E-state index contributed by atoms with van der Waals surface area (Å²) < 4.78 is 0.308. The van der Waals surface area contributed by atoms with Gasteiger partial charge in [0.25, 0.3) is 0 Å². The van der Waals surface area contributed by atoms with Crippen molar-refractivity contribution in [3.8, 4) is 0 Å². The van der Waals surface area contributed by atoms with Gasteiger partial charge in [0.05, 0.1) is 16.2 Å². The molecule has 1 heterocycles. The first-order valence-electron chi connectivity index (χ1n) is 4.05. The molecule has 0 amide bonds. The Labute approximate surface area is 89.8 Å². The Kier molecular flexibility index (Phi) is 4.34. The number of rotatable bonds is 2. The maximum absolute atomic E-state index is 10.5. The molecule has 0 spiro atoms. The van der Waals surface area contributed by atoms with Crippen molar-refractivity contribution in [2.24, 2.45) is 0 Å². The van der Waals surface area contributed by atoms with Gasteiger partial charge >= 0.3 is 0 Å². The minimum absolute atomic E-state index is 0.308. The molecule has 0 unspecified atom stereocenters. The van der Waals surface area contributed by atoms with Gasteiger partial charge in [-0.3, -0.25) is 0 Å². The lowest BCUT2D eigenvalue weighted by Gasteiger charge is -2.14. The summed E-state index contributed by atoms with van der Waals surface area (Å²) in [6.45, 7) is 0. The van der Waals surface area contributed by atoms with Gasteiger partial charge in [0.2, 0.25) is 0 Å². The Morgan fingerprint density at radius 2 is 1.43 bits per heavy atom. The molecule has 0 atom stereocenters. The second-order valence-corrected chi connectivity index (χ2v) is 5.11. The Hall–Kier alpha value is -0.620. The fourth-order valence-corrected chi connectivity index (χ4v) is 3.49. The van der Waals surface area contributed by atoms with Gasteiger partial charge in [-0.2, -0.15) is 0 Å². The van der Waals surface area contributed by atoms with E-state index in [4.69, 9.17) is 0 Å². The first kappa shape index (κ1) is 11.5. The van der Waals surface area contributed by atoms with Gasteiger partial charge in [0.15, 0.2) is 0 Å². The van der Waals surface area contributed by atoms with Gasteiger partial charge in [-0.15, -0.1) is 23.5 Å². The normalized spacial score (nSPS) is 17.3. The third-order valence-corrected chi connectivity index (χ3v) is 4.24. The average molecular weight is 232 g/mol. The van der Waals surface area contributed by atoms with Crippen LogP contribution in [-0.4, -0.2) is 23.4 Å². The molecule has 0 aliphatic carbocycles. The quantitative estimate of drug-likeness (QED) is 0.343. The van der Waals surface area contributed by atoms with Crippen molar-refractivity contribution in [1.29, 1.82) is 0 Å². The molecule has 78 valence electrons. The Bertz CT molecular complexity index is 259. The summed E-state index contributed by atoms with van der Waals surface area (Å²) in [7, 11) is 0. The van der Waals surface area contributed by atoms with Crippen molar-refractivity contribution in [3.05, 3.63) is 9.81 Å². The molecule has 1 aliphatic rings. The van der Waals surface area contributed by atoms with Crippen LogP contribution in [0.4, 0.5) is 0 Å². The maximum Gasteiger partial charge on any atom is 0.0750 e. The van der Waals surface area contributed by atoms with Crippen molar-refractivity contribution in [1.82, 2.24) is 0 Å². The van der Waals surface area contributed by atoms with Crippen LogP contribution >= 0.6 is 23.5 Å². The topological polar surface area (TPSA) is 80.3 Å². The standard InChI is InChI=1S/C8H10O4S2/c9-6(10)5(7(11)12)8-13-3-1-2-4-14-8/h1-4H2,(H,9,10)(H,11,12)/p-2. The van der Waals surface area contributed by atoms with Gasteiger partial charge in [-0.1, -0.05) is 0 Å². The highest BCUT2D eigenvalue weighted by molar-refractivity contribution is 8.22. The Morgan fingerprint density at radius 3 is 1.79 bits per heavy atom. The molecule has 0 aromatic carbocycles. The van der Waals surface area contributed by atoms with Crippen LogP contribution < -0.4 is 10.2 Å². The third kappa shape index (κ3) is 2.95. The lowest BCUT2D eigenvalue weighted by Crippen LogP contribution is -2.36. The van der Waals surface area contributed by atoms with Gasteiger partial charge in [0, 0.05) is 5.57 Å². The van der Waals surface area contributed by atoms with E-state index in [2.05, 4.69) is 0 Å².